The summed E-state index contributed by atoms with van der Waals surface area (Å²) in [5.41, 5.74) is 1.09. The molecule has 0 spiro atoms. The van der Waals surface area contributed by atoms with E-state index in [-0.39, 0.29) is 12.1 Å². The second-order valence-corrected chi connectivity index (χ2v) is 5.84. The highest BCUT2D eigenvalue weighted by atomic mass is 16.5. The molecule has 21 heavy (non-hydrogen) atoms. The topological polar surface area (TPSA) is 51.5 Å². The third kappa shape index (κ3) is 2.67. The Kier molecular flexibility index (Phi) is 4.47. The lowest BCUT2D eigenvalue weighted by molar-refractivity contribution is -0.0656. The summed E-state index contributed by atoms with van der Waals surface area (Å²) >= 11 is 0. The van der Waals surface area contributed by atoms with Gasteiger partial charge in [0.2, 0.25) is 0 Å². The van der Waals surface area contributed by atoms with Crippen molar-refractivity contribution in [2.45, 2.75) is 44.5 Å². The third-order valence-corrected chi connectivity index (χ3v) is 4.76. The van der Waals surface area contributed by atoms with Gasteiger partial charge in [-0.05, 0) is 33.4 Å². The van der Waals surface area contributed by atoms with Crippen molar-refractivity contribution in [3.8, 4) is 5.75 Å². The molecule has 1 N–H and O–H groups in total. The van der Waals surface area contributed by atoms with Gasteiger partial charge < -0.3 is 14.8 Å². The maximum atomic E-state index is 6.17. The molecular formula is C15H26N4O2. The van der Waals surface area contributed by atoms with Crippen molar-refractivity contribution in [3.63, 3.8) is 0 Å². The Balaban J connectivity index is 1.83. The lowest BCUT2D eigenvalue weighted by Gasteiger charge is -2.39. The number of aryl methyl sites for hydroxylation is 1. The van der Waals surface area contributed by atoms with Crippen molar-refractivity contribution in [2.24, 2.45) is 0 Å². The van der Waals surface area contributed by atoms with E-state index in [4.69, 9.17) is 9.47 Å². The Bertz CT molecular complexity index is 455. The molecule has 0 saturated carbocycles. The minimum atomic E-state index is 0.101. The van der Waals surface area contributed by atoms with Crippen LogP contribution in [0.2, 0.25) is 0 Å². The zero-order chi connectivity index (χ0) is 14.8. The van der Waals surface area contributed by atoms with Crippen LogP contribution in [0.5, 0.6) is 5.75 Å². The molecule has 0 amide bonds. The molecule has 118 valence electrons. The van der Waals surface area contributed by atoms with Gasteiger partial charge in [0.1, 0.15) is 0 Å². The van der Waals surface area contributed by atoms with Crippen molar-refractivity contribution in [2.75, 3.05) is 33.9 Å². The van der Waals surface area contributed by atoms with E-state index in [1.54, 1.807) is 13.3 Å². The van der Waals surface area contributed by atoms with Gasteiger partial charge in [-0.2, -0.15) is 5.10 Å². The number of hydrogen-bond donors (Lipinski definition) is 1. The number of morpholine rings is 1. The molecule has 2 saturated heterocycles. The molecule has 2 aliphatic rings. The summed E-state index contributed by atoms with van der Waals surface area (Å²) in [7, 11) is 3.68. The smallest absolute Gasteiger partial charge is 0.161 e. The molecule has 3 atom stereocenters. The summed E-state index contributed by atoms with van der Waals surface area (Å²) in [6.07, 6.45) is 4.50. The average Bonchev–Trinajstić information content (AvgIpc) is 3.13. The number of ether oxygens (including phenoxy) is 2. The van der Waals surface area contributed by atoms with E-state index in [0.29, 0.717) is 6.04 Å². The highest BCUT2D eigenvalue weighted by molar-refractivity contribution is 5.29. The van der Waals surface area contributed by atoms with Gasteiger partial charge in [-0.15, -0.1) is 0 Å². The molecule has 3 rings (SSSR count). The standard InChI is InChI=1S/C15H26N4O2/c1-4-19-15(12(20-3)8-17-19)14(16-2)13-9-18-7-5-6-11(18)10-21-13/h8,11,13-14,16H,4-7,9-10H2,1-3H3. The molecule has 0 aliphatic carbocycles. The minimum Gasteiger partial charge on any atom is -0.493 e. The first-order chi connectivity index (χ1) is 10.3. The van der Waals surface area contributed by atoms with E-state index >= 15 is 0 Å². The fraction of sp³-hybridized carbons (Fsp3) is 0.800. The van der Waals surface area contributed by atoms with Crippen molar-refractivity contribution < 1.29 is 9.47 Å². The van der Waals surface area contributed by atoms with Gasteiger partial charge in [0, 0.05) is 19.1 Å². The maximum absolute atomic E-state index is 6.17. The molecule has 2 aliphatic heterocycles. The summed E-state index contributed by atoms with van der Waals surface area (Å²) in [5, 5.41) is 7.83. The molecule has 3 unspecified atom stereocenters. The fourth-order valence-electron chi connectivity index (χ4n) is 3.64. The quantitative estimate of drug-likeness (QED) is 0.879. The van der Waals surface area contributed by atoms with Gasteiger partial charge in [0.25, 0.3) is 0 Å². The van der Waals surface area contributed by atoms with Crippen LogP contribution in [0.3, 0.4) is 0 Å². The van der Waals surface area contributed by atoms with Crippen molar-refractivity contribution in [1.82, 2.24) is 20.0 Å². The van der Waals surface area contributed by atoms with Crippen molar-refractivity contribution >= 4 is 0 Å². The number of hydrogen-bond acceptors (Lipinski definition) is 5. The molecule has 0 aromatic carbocycles. The van der Waals surface area contributed by atoms with Crippen LogP contribution in [-0.4, -0.2) is 60.7 Å². The largest absolute Gasteiger partial charge is 0.493 e. The second kappa shape index (κ2) is 6.34. The van der Waals surface area contributed by atoms with Crippen LogP contribution in [0.1, 0.15) is 31.5 Å². The van der Waals surface area contributed by atoms with Gasteiger partial charge in [0.15, 0.2) is 5.75 Å². The SMILES string of the molecule is CCn1ncc(OC)c1C(NC)C1CN2CCCC2CO1. The van der Waals surface area contributed by atoms with Crippen LogP contribution in [0.25, 0.3) is 0 Å². The van der Waals surface area contributed by atoms with Crippen LogP contribution in [0, 0.1) is 0 Å². The molecule has 6 nitrogen and oxygen atoms in total. The van der Waals surface area contributed by atoms with E-state index in [1.165, 1.54) is 19.4 Å². The molecular weight excluding hydrogens is 268 g/mol. The van der Waals surface area contributed by atoms with Crippen LogP contribution in [-0.2, 0) is 11.3 Å². The first-order valence-corrected chi connectivity index (χ1v) is 7.91. The zero-order valence-corrected chi connectivity index (χ0v) is 13.2. The molecule has 1 aromatic rings. The fourth-order valence-corrected chi connectivity index (χ4v) is 3.64. The third-order valence-electron chi connectivity index (χ3n) is 4.76. The van der Waals surface area contributed by atoms with Crippen LogP contribution in [0.4, 0.5) is 0 Å². The normalized spacial score (nSPS) is 27.6. The molecule has 0 radical (unpaired) electrons. The first kappa shape index (κ1) is 14.8. The lowest BCUT2D eigenvalue weighted by atomic mass is 10.0. The summed E-state index contributed by atoms with van der Waals surface area (Å²) in [5.74, 6) is 0.836. The van der Waals surface area contributed by atoms with Crippen LogP contribution < -0.4 is 10.1 Å². The minimum absolute atomic E-state index is 0.101. The van der Waals surface area contributed by atoms with E-state index in [9.17, 15) is 0 Å². The van der Waals surface area contributed by atoms with Crippen molar-refractivity contribution in [3.05, 3.63) is 11.9 Å². The summed E-state index contributed by atoms with van der Waals surface area (Å²) < 4.78 is 13.7. The number of likely N-dealkylation sites (N-methyl/N-ethyl adjacent to an activating group) is 1. The Labute approximate surface area is 126 Å². The Morgan fingerprint density at radius 3 is 3.14 bits per heavy atom. The highest BCUT2D eigenvalue weighted by Gasteiger charge is 2.37. The van der Waals surface area contributed by atoms with E-state index in [0.717, 1.165) is 31.1 Å². The highest BCUT2D eigenvalue weighted by Crippen LogP contribution is 2.32. The number of aromatic nitrogens is 2. The molecule has 3 heterocycles. The summed E-state index contributed by atoms with van der Waals surface area (Å²) in [6, 6.07) is 0.723. The number of methoxy groups -OCH3 is 1. The van der Waals surface area contributed by atoms with Crippen LogP contribution >= 0.6 is 0 Å². The number of fused-ring (bicyclic) bond motifs is 1. The second-order valence-electron chi connectivity index (χ2n) is 5.84. The van der Waals surface area contributed by atoms with E-state index < -0.39 is 0 Å². The number of nitrogens with zero attached hydrogens (tertiary/aromatic N) is 3. The Hall–Kier alpha value is -1.11. The van der Waals surface area contributed by atoms with Gasteiger partial charge in [0.05, 0.1) is 37.8 Å². The van der Waals surface area contributed by atoms with Crippen LogP contribution in [0.15, 0.2) is 6.20 Å². The molecule has 1 aromatic heterocycles. The Morgan fingerprint density at radius 2 is 2.43 bits per heavy atom. The van der Waals surface area contributed by atoms with Gasteiger partial charge in [-0.25, -0.2) is 0 Å². The van der Waals surface area contributed by atoms with E-state index in [1.807, 2.05) is 11.7 Å². The van der Waals surface area contributed by atoms with E-state index in [2.05, 4.69) is 22.2 Å². The van der Waals surface area contributed by atoms with Crippen molar-refractivity contribution in [1.29, 1.82) is 0 Å². The molecule has 6 heteroatoms. The molecule has 0 bridgehead atoms. The lowest BCUT2D eigenvalue weighted by Crippen LogP contribution is -2.50. The zero-order valence-electron chi connectivity index (χ0n) is 13.2. The summed E-state index contributed by atoms with van der Waals surface area (Å²) in [4.78, 5) is 2.57. The van der Waals surface area contributed by atoms with Gasteiger partial charge >= 0.3 is 0 Å². The average molecular weight is 294 g/mol. The monoisotopic (exact) mass is 294 g/mol. The molecule has 2 fully saturated rings. The predicted molar refractivity (Wildman–Crippen MR) is 80.6 cm³/mol. The first-order valence-electron chi connectivity index (χ1n) is 7.91. The van der Waals surface area contributed by atoms with Gasteiger partial charge in [-0.3, -0.25) is 9.58 Å². The maximum Gasteiger partial charge on any atom is 0.161 e. The number of nitrogens with one attached hydrogen (secondary N) is 1. The Morgan fingerprint density at radius 1 is 1.57 bits per heavy atom. The summed E-state index contributed by atoms with van der Waals surface area (Å²) in [6.45, 7) is 5.95. The van der Waals surface area contributed by atoms with Gasteiger partial charge in [-0.1, -0.05) is 0 Å². The number of rotatable bonds is 5. The predicted octanol–water partition coefficient (Wildman–Crippen LogP) is 1.04.